The summed E-state index contributed by atoms with van der Waals surface area (Å²) in [5.41, 5.74) is 1.81. The summed E-state index contributed by atoms with van der Waals surface area (Å²) in [5.74, 6) is 0.511. The van der Waals surface area contributed by atoms with Crippen LogP contribution in [0.3, 0.4) is 0 Å². The maximum absolute atomic E-state index is 13.2. The SMILES string of the molecule is O=S1(=O)CCC(CNC(c2ccccc2)c2ccc(F)cn2)CC1. The van der Waals surface area contributed by atoms with Gasteiger partial charge in [0.1, 0.15) is 15.7 Å². The van der Waals surface area contributed by atoms with E-state index in [2.05, 4.69) is 10.3 Å². The summed E-state index contributed by atoms with van der Waals surface area (Å²) in [7, 11) is -2.85. The standard InChI is InChI=1S/C18H21FN2O2S/c19-16-6-7-17(20-13-16)18(15-4-2-1-3-5-15)21-12-14-8-10-24(22,23)11-9-14/h1-7,13-14,18,21H,8-12H2. The van der Waals surface area contributed by atoms with Gasteiger partial charge in [0.2, 0.25) is 0 Å². The van der Waals surface area contributed by atoms with Crippen molar-refractivity contribution in [2.45, 2.75) is 18.9 Å². The highest BCUT2D eigenvalue weighted by atomic mass is 32.2. The Morgan fingerprint density at radius 3 is 2.46 bits per heavy atom. The number of hydrogen-bond donors (Lipinski definition) is 1. The van der Waals surface area contributed by atoms with E-state index in [4.69, 9.17) is 0 Å². The van der Waals surface area contributed by atoms with E-state index in [1.165, 1.54) is 12.3 Å². The lowest BCUT2D eigenvalue weighted by molar-refractivity contribution is 0.414. The number of halogens is 1. The Hall–Kier alpha value is -1.79. The zero-order valence-corrected chi connectivity index (χ0v) is 14.2. The number of pyridine rings is 1. The minimum Gasteiger partial charge on any atom is -0.305 e. The highest BCUT2D eigenvalue weighted by molar-refractivity contribution is 7.91. The summed E-state index contributed by atoms with van der Waals surface area (Å²) in [5, 5.41) is 3.49. The predicted molar refractivity (Wildman–Crippen MR) is 91.9 cm³/mol. The van der Waals surface area contributed by atoms with Gasteiger partial charge >= 0.3 is 0 Å². The van der Waals surface area contributed by atoms with Crippen molar-refractivity contribution in [1.82, 2.24) is 10.3 Å². The van der Waals surface area contributed by atoms with Gasteiger partial charge in [0.25, 0.3) is 0 Å². The first-order chi connectivity index (χ1) is 11.5. The highest BCUT2D eigenvalue weighted by Crippen LogP contribution is 2.23. The van der Waals surface area contributed by atoms with Gasteiger partial charge in [0, 0.05) is 0 Å². The van der Waals surface area contributed by atoms with Crippen LogP contribution >= 0.6 is 0 Å². The number of nitrogens with zero attached hydrogens (tertiary/aromatic N) is 1. The molecular formula is C18H21FN2O2S. The molecule has 1 atom stereocenters. The lowest BCUT2D eigenvalue weighted by Gasteiger charge is -2.26. The fraction of sp³-hybridized carbons (Fsp3) is 0.389. The molecule has 4 nitrogen and oxygen atoms in total. The van der Waals surface area contributed by atoms with Gasteiger partial charge in [-0.3, -0.25) is 4.98 Å². The Morgan fingerprint density at radius 1 is 1.12 bits per heavy atom. The molecule has 0 aliphatic carbocycles. The predicted octanol–water partition coefficient (Wildman–Crippen LogP) is 2.72. The molecule has 2 aromatic rings. The first kappa shape index (κ1) is 17.0. The third-order valence-corrected chi connectivity index (χ3v) is 6.18. The fourth-order valence-corrected chi connectivity index (χ4v) is 4.61. The third-order valence-electron chi connectivity index (χ3n) is 4.46. The molecule has 1 saturated heterocycles. The van der Waals surface area contributed by atoms with E-state index >= 15 is 0 Å². The molecule has 0 saturated carbocycles. The molecule has 128 valence electrons. The molecule has 1 aromatic carbocycles. The van der Waals surface area contributed by atoms with E-state index in [1.807, 2.05) is 30.3 Å². The summed E-state index contributed by atoms with van der Waals surface area (Å²) >= 11 is 0. The fourth-order valence-electron chi connectivity index (χ4n) is 3.02. The lowest BCUT2D eigenvalue weighted by Crippen LogP contribution is -2.33. The molecule has 0 amide bonds. The first-order valence-electron chi connectivity index (χ1n) is 8.14. The van der Waals surface area contributed by atoms with Gasteiger partial charge in [0.15, 0.2) is 0 Å². The molecule has 24 heavy (non-hydrogen) atoms. The zero-order valence-electron chi connectivity index (χ0n) is 13.4. The lowest BCUT2D eigenvalue weighted by atomic mass is 9.99. The smallest absolute Gasteiger partial charge is 0.150 e. The van der Waals surface area contributed by atoms with Crippen molar-refractivity contribution in [2.75, 3.05) is 18.1 Å². The van der Waals surface area contributed by atoms with E-state index in [0.29, 0.717) is 25.3 Å². The number of hydrogen-bond acceptors (Lipinski definition) is 4. The average Bonchev–Trinajstić information content (AvgIpc) is 2.59. The van der Waals surface area contributed by atoms with Crippen molar-refractivity contribution < 1.29 is 12.8 Å². The Bertz CT molecular complexity index is 749. The van der Waals surface area contributed by atoms with E-state index in [0.717, 1.165) is 11.3 Å². The molecule has 0 spiro atoms. The van der Waals surface area contributed by atoms with Crippen molar-refractivity contribution in [1.29, 1.82) is 0 Å². The van der Waals surface area contributed by atoms with Gasteiger partial charge < -0.3 is 5.32 Å². The second-order valence-electron chi connectivity index (χ2n) is 6.25. The Labute approximate surface area is 142 Å². The van der Waals surface area contributed by atoms with Gasteiger partial charge in [-0.05, 0) is 43.0 Å². The Balaban J connectivity index is 1.72. The number of rotatable bonds is 5. The van der Waals surface area contributed by atoms with Crippen LogP contribution in [0.15, 0.2) is 48.7 Å². The maximum atomic E-state index is 13.2. The normalized spacial score (nSPS) is 19.0. The zero-order chi connectivity index (χ0) is 17.0. The quantitative estimate of drug-likeness (QED) is 0.903. The van der Waals surface area contributed by atoms with Crippen molar-refractivity contribution in [3.05, 3.63) is 65.7 Å². The van der Waals surface area contributed by atoms with Crippen LogP contribution in [0.25, 0.3) is 0 Å². The molecule has 0 radical (unpaired) electrons. The van der Waals surface area contributed by atoms with Crippen LogP contribution in [0.1, 0.15) is 30.1 Å². The third kappa shape index (κ3) is 4.39. The van der Waals surface area contributed by atoms with Gasteiger partial charge in [0.05, 0.1) is 29.4 Å². The largest absolute Gasteiger partial charge is 0.305 e. The molecule has 1 aliphatic rings. The summed E-state index contributed by atoms with van der Waals surface area (Å²) in [6.07, 6.45) is 2.60. The number of aromatic nitrogens is 1. The van der Waals surface area contributed by atoms with Crippen LogP contribution in [-0.4, -0.2) is 31.5 Å². The maximum Gasteiger partial charge on any atom is 0.150 e. The van der Waals surface area contributed by atoms with Gasteiger partial charge in [-0.1, -0.05) is 30.3 Å². The molecule has 2 heterocycles. The first-order valence-corrected chi connectivity index (χ1v) is 9.96. The molecular weight excluding hydrogens is 327 g/mol. The Morgan fingerprint density at radius 2 is 1.83 bits per heavy atom. The summed E-state index contributed by atoms with van der Waals surface area (Å²) in [6, 6.07) is 12.8. The van der Waals surface area contributed by atoms with Gasteiger partial charge in [-0.25, -0.2) is 12.8 Å². The van der Waals surface area contributed by atoms with Crippen molar-refractivity contribution in [2.24, 2.45) is 5.92 Å². The summed E-state index contributed by atoms with van der Waals surface area (Å²) in [4.78, 5) is 4.21. The number of nitrogens with one attached hydrogen (secondary N) is 1. The molecule has 1 aromatic heterocycles. The van der Waals surface area contributed by atoms with Gasteiger partial charge in [-0.15, -0.1) is 0 Å². The molecule has 6 heteroatoms. The monoisotopic (exact) mass is 348 g/mol. The molecule has 1 unspecified atom stereocenters. The van der Waals surface area contributed by atoms with Crippen LogP contribution in [0.5, 0.6) is 0 Å². The van der Waals surface area contributed by atoms with E-state index in [1.54, 1.807) is 6.07 Å². The van der Waals surface area contributed by atoms with Crippen LogP contribution in [-0.2, 0) is 9.84 Å². The second-order valence-corrected chi connectivity index (χ2v) is 8.55. The topological polar surface area (TPSA) is 59.1 Å². The highest BCUT2D eigenvalue weighted by Gasteiger charge is 2.25. The molecule has 3 rings (SSSR count). The summed E-state index contributed by atoms with van der Waals surface area (Å²) in [6.45, 7) is 0.716. The van der Waals surface area contributed by atoms with Crippen molar-refractivity contribution >= 4 is 9.84 Å². The molecule has 1 aliphatic heterocycles. The van der Waals surface area contributed by atoms with Crippen molar-refractivity contribution in [3.8, 4) is 0 Å². The van der Waals surface area contributed by atoms with Crippen LogP contribution in [0.4, 0.5) is 4.39 Å². The summed E-state index contributed by atoms with van der Waals surface area (Å²) < 4.78 is 36.2. The van der Waals surface area contributed by atoms with E-state index < -0.39 is 9.84 Å². The van der Waals surface area contributed by atoms with E-state index in [9.17, 15) is 12.8 Å². The average molecular weight is 348 g/mol. The second kappa shape index (κ2) is 7.40. The number of benzene rings is 1. The molecule has 1 fully saturated rings. The van der Waals surface area contributed by atoms with Crippen LogP contribution in [0, 0.1) is 11.7 Å². The molecule has 0 bridgehead atoms. The van der Waals surface area contributed by atoms with Gasteiger partial charge in [-0.2, -0.15) is 0 Å². The van der Waals surface area contributed by atoms with Crippen molar-refractivity contribution in [3.63, 3.8) is 0 Å². The van der Waals surface area contributed by atoms with Crippen LogP contribution in [0.2, 0.25) is 0 Å². The minimum absolute atomic E-state index is 0.134. The Kier molecular flexibility index (Phi) is 5.26. The van der Waals surface area contributed by atoms with E-state index in [-0.39, 0.29) is 23.4 Å². The molecule has 1 N–H and O–H groups in total. The number of sulfone groups is 1. The van der Waals surface area contributed by atoms with Crippen LogP contribution < -0.4 is 5.32 Å². The minimum atomic E-state index is -2.85.